The van der Waals surface area contributed by atoms with Crippen molar-refractivity contribution >= 4 is 21.6 Å². The monoisotopic (exact) mass is 319 g/mol. The summed E-state index contributed by atoms with van der Waals surface area (Å²) in [7, 11) is 0. The average molecular weight is 320 g/mol. The minimum absolute atomic E-state index is 0.247. The fourth-order valence-corrected chi connectivity index (χ4v) is 2.19. The number of rotatable bonds is 6. The lowest BCUT2D eigenvalue weighted by atomic mass is 10.1. The van der Waals surface area contributed by atoms with Gasteiger partial charge in [-0.25, -0.2) is 0 Å². The minimum Gasteiger partial charge on any atom is -0.396 e. The maximum Gasteiger partial charge on any atom is 0.0434 e. The van der Waals surface area contributed by atoms with Gasteiger partial charge in [-0.05, 0) is 48.2 Å². The van der Waals surface area contributed by atoms with Crippen LogP contribution in [0.5, 0.6) is 0 Å². The van der Waals surface area contributed by atoms with Crippen LogP contribution in [0, 0.1) is 0 Å². The van der Waals surface area contributed by atoms with E-state index in [1.165, 1.54) is 11.1 Å². The number of aliphatic hydroxyl groups excluding tert-OH is 1. The first-order valence-corrected chi connectivity index (χ1v) is 7.25. The van der Waals surface area contributed by atoms with Crippen molar-refractivity contribution in [1.29, 1.82) is 0 Å². The van der Waals surface area contributed by atoms with E-state index in [-0.39, 0.29) is 6.61 Å². The molecule has 0 radical (unpaired) electrons. The smallest absolute Gasteiger partial charge is 0.0434 e. The second-order valence-corrected chi connectivity index (χ2v) is 5.42. The summed E-state index contributed by atoms with van der Waals surface area (Å²) < 4.78 is 1.10. The molecule has 2 aromatic carbocycles. The minimum atomic E-state index is 0.247. The SMILES string of the molecule is OCCCc1cccc(NCc2ccc(Br)cc2)c1. The highest BCUT2D eigenvalue weighted by atomic mass is 79.9. The molecular formula is C16H18BrNO. The molecule has 100 valence electrons. The molecule has 0 spiro atoms. The highest BCUT2D eigenvalue weighted by Crippen LogP contribution is 2.15. The van der Waals surface area contributed by atoms with Gasteiger partial charge in [0.1, 0.15) is 0 Å². The molecule has 0 unspecified atom stereocenters. The third-order valence-electron chi connectivity index (χ3n) is 2.96. The molecule has 2 N–H and O–H groups in total. The molecule has 0 aliphatic carbocycles. The topological polar surface area (TPSA) is 32.3 Å². The largest absolute Gasteiger partial charge is 0.396 e. The summed E-state index contributed by atoms with van der Waals surface area (Å²) in [6.45, 7) is 1.06. The molecule has 0 heterocycles. The average Bonchev–Trinajstić information content (AvgIpc) is 2.45. The van der Waals surface area contributed by atoms with Crippen molar-refractivity contribution < 1.29 is 5.11 Å². The summed E-state index contributed by atoms with van der Waals surface area (Å²) in [6, 6.07) is 16.7. The number of anilines is 1. The first kappa shape index (κ1) is 14.1. The molecule has 0 aliphatic heterocycles. The Kier molecular flexibility index (Phi) is 5.43. The first-order valence-electron chi connectivity index (χ1n) is 6.46. The summed E-state index contributed by atoms with van der Waals surface area (Å²) in [4.78, 5) is 0. The van der Waals surface area contributed by atoms with Gasteiger partial charge in [0.05, 0.1) is 0 Å². The van der Waals surface area contributed by atoms with Crippen molar-refractivity contribution in [3.63, 3.8) is 0 Å². The standard InChI is InChI=1S/C16H18BrNO/c17-15-8-6-14(7-9-15)12-18-16-5-1-3-13(11-16)4-2-10-19/h1,3,5-9,11,18-19H,2,4,10,12H2. The summed E-state index contributed by atoms with van der Waals surface area (Å²) in [6.07, 6.45) is 1.74. The maximum atomic E-state index is 8.85. The molecule has 0 amide bonds. The highest BCUT2D eigenvalue weighted by molar-refractivity contribution is 9.10. The van der Waals surface area contributed by atoms with Crippen molar-refractivity contribution in [3.8, 4) is 0 Å². The Morgan fingerprint density at radius 1 is 1.00 bits per heavy atom. The zero-order valence-corrected chi connectivity index (χ0v) is 12.4. The normalized spacial score (nSPS) is 10.4. The predicted molar refractivity (Wildman–Crippen MR) is 83.3 cm³/mol. The third kappa shape index (κ3) is 4.69. The van der Waals surface area contributed by atoms with E-state index in [1.54, 1.807) is 0 Å². The Balaban J connectivity index is 1.93. The van der Waals surface area contributed by atoms with Crippen LogP contribution >= 0.6 is 15.9 Å². The van der Waals surface area contributed by atoms with Crippen molar-refractivity contribution in [3.05, 3.63) is 64.1 Å². The van der Waals surface area contributed by atoms with Crippen molar-refractivity contribution in [1.82, 2.24) is 0 Å². The van der Waals surface area contributed by atoms with Crippen LogP contribution in [-0.2, 0) is 13.0 Å². The predicted octanol–water partition coefficient (Wildman–Crippen LogP) is 3.99. The van der Waals surface area contributed by atoms with Gasteiger partial charge >= 0.3 is 0 Å². The molecule has 0 atom stereocenters. The lowest BCUT2D eigenvalue weighted by molar-refractivity contribution is 0.288. The molecule has 0 aromatic heterocycles. The molecule has 3 heteroatoms. The van der Waals surface area contributed by atoms with Gasteiger partial charge in [0, 0.05) is 23.3 Å². The van der Waals surface area contributed by atoms with Gasteiger partial charge in [0.25, 0.3) is 0 Å². The van der Waals surface area contributed by atoms with Crippen LogP contribution in [-0.4, -0.2) is 11.7 Å². The van der Waals surface area contributed by atoms with Gasteiger partial charge in [-0.1, -0.05) is 40.2 Å². The van der Waals surface area contributed by atoms with E-state index >= 15 is 0 Å². The van der Waals surface area contributed by atoms with Crippen molar-refractivity contribution in [2.75, 3.05) is 11.9 Å². The lowest BCUT2D eigenvalue weighted by Gasteiger charge is -2.08. The highest BCUT2D eigenvalue weighted by Gasteiger charge is 1.97. The summed E-state index contributed by atoms with van der Waals surface area (Å²) in [5.74, 6) is 0. The molecule has 0 fully saturated rings. The number of benzene rings is 2. The lowest BCUT2D eigenvalue weighted by Crippen LogP contribution is -2.00. The molecule has 0 saturated carbocycles. The van der Waals surface area contributed by atoms with Crippen LogP contribution in [0.25, 0.3) is 0 Å². The Hall–Kier alpha value is -1.32. The number of hydrogen-bond donors (Lipinski definition) is 2. The van der Waals surface area contributed by atoms with E-state index in [0.717, 1.165) is 29.5 Å². The molecule has 19 heavy (non-hydrogen) atoms. The number of halogens is 1. The van der Waals surface area contributed by atoms with Crippen molar-refractivity contribution in [2.24, 2.45) is 0 Å². The van der Waals surface area contributed by atoms with Crippen molar-refractivity contribution in [2.45, 2.75) is 19.4 Å². The number of nitrogens with one attached hydrogen (secondary N) is 1. The summed E-state index contributed by atoms with van der Waals surface area (Å²) in [5, 5.41) is 12.3. The van der Waals surface area contributed by atoms with Gasteiger partial charge in [-0.2, -0.15) is 0 Å². The molecule has 0 bridgehead atoms. The fraction of sp³-hybridized carbons (Fsp3) is 0.250. The van der Waals surface area contributed by atoms with E-state index in [0.29, 0.717) is 0 Å². The van der Waals surface area contributed by atoms with Gasteiger partial charge in [-0.3, -0.25) is 0 Å². The van der Waals surface area contributed by atoms with Crippen LogP contribution < -0.4 is 5.32 Å². The first-order chi connectivity index (χ1) is 9.28. The molecule has 2 rings (SSSR count). The number of aliphatic hydroxyl groups is 1. The van der Waals surface area contributed by atoms with Gasteiger partial charge in [-0.15, -0.1) is 0 Å². The van der Waals surface area contributed by atoms with E-state index in [1.807, 2.05) is 0 Å². The van der Waals surface area contributed by atoms with Crippen LogP contribution in [0.3, 0.4) is 0 Å². The third-order valence-corrected chi connectivity index (χ3v) is 3.49. The van der Waals surface area contributed by atoms with E-state index in [4.69, 9.17) is 5.11 Å². The van der Waals surface area contributed by atoms with E-state index in [9.17, 15) is 0 Å². The molecule has 0 aliphatic rings. The number of aryl methyl sites for hydroxylation is 1. The zero-order chi connectivity index (χ0) is 13.5. The second kappa shape index (κ2) is 7.31. The van der Waals surface area contributed by atoms with E-state index in [2.05, 4.69) is 69.8 Å². The fourth-order valence-electron chi connectivity index (χ4n) is 1.93. The van der Waals surface area contributed by atoms with Crippen LogP contribution in [0.4, 0.5) is 5.69 Å². The Labute approximate surface area is 122 Å². The Morgan fingerprint density at radius 3 is 2.53 bits per heavy atom. The zero-order valence-electron chi connectivity index (χ0n) is 10.8. The van der Waals surface area contributed by atoms with Gasteiger partial charge in [0.2, 0.25) is 0 Å². The summed E-state index contributed by atoms with van der Waals surface area (Å²) >= 11 is 3.43. The van der Waals surface area contributed by atoms with Gasteiger partial charge in [0.15, 0.2) is 0 Å². The van der Waals surface area contributed by atoms with Crippen LogP contribution in [0.1, 0.15) is 17.5 Å². The van der Waals surface area contributed by atoms with Gasteiger partial charge < -0.3 is 10.4 Å². The maximum absolute atomic E-state index is 8.85. The molecule has 0 saturated heterocycles. The quantitative estimate of drug-likeness (QED) is 0.843. The van der Waals surface area contributed by atoms with E-state index < -0.39 is 0 Å². The second-order valence-electron chi connectivity index (χ2n) is 4.51. The summed E-state index contributed by atoms with van der Waals surface area (Å²) in [5.41, 5.74) is 3.64. The molecular weight excluding hydrogens is 302 g/mol. The Bertz CT molecular complexity index is 510. The van der Waals surface area contributed by atoms with Crippen LogP contribution in [0.2, 0.25) is 0 Å². The Morgan fingerprint density at radius 2 is 1.79 bits per heavy atom. The number of hydrogen-bond acceptors (Lipinski definition) is 2. The molecule has 2 aromatic rings. The molecule has 2 nitrogen and oxygen atoms in total. The van der Waals surface area contributed by atoms with Crippen LogP contribution in [0.15, 0.2) is 53.0 Å².